The van der Waals surface area contributed by atoms with Crippen molar-refractivity contribution in [2.45, 2.75) is 97.2 Å². The molecule has 0 aromatic heterocycles. The van der Waals surface area contributed by atoms with Crippen LogP contribution in [0.2, 0.25) is 0 Å². The number of rotatable bonds is 5. The van der Waals surface area contributed by atoms with Gasteiger partial charge in [0.2, 0.25) is 0 Å². The van der Waals surface area contributed by atoms with Gasteiger partial charge in [0.15, 0.2) is 10.8 Å². The standard InChI is InChI=1S/C53H51NO8/c1-31-20-12-16-26-36(31)40-30-41-42(43(37-27-17-13-21-32(37)2)52(40)46(55)59-50(5,6)60-47(52)56)44(38-28-18-14-22-33(38)3)53(48(57)61-51(7,8)62-49(53)58)45(39-29-19-15-23-34(39)4)54(41)35-24-10-9-11-25-35/h9-29,40,43-45H,30H2,1-8H3/t40-,43-,44-,45-/m0/s1. The lowest BCUT2D eigenvalue weighted by molar-refractivity contribution is -0.256. The molecule has 1 aliphatic carbocycles. The van der Waals surface area contributed by atoms with E-state index in [9.17, 15) is 0 Å². The third-order valence-electron chi connectivity index (χ3n) is 13.6. The van der Waals surface area contributed by atoms with Gasteiger partial charge in [-0.05, 0) is 96.3 Å². The molecule has 4 aliphatic rings. The molecule has 0 unspecified atom stereocenters. The molecule has 5 aromatic carbocycles. The van der Waals surface area contributed by atoms with Gasteiger partial charge in [0, 0.05) is 56.8 Å². The molecule has 2 fully saturated rings. The Morgan fingerprint density at radius 3 is 1.24 bits per heavy atom. The summed E-state index contributed by atoms with van der Waals surface area (Å²) < 4.78 is 25.3. The van der Waals surface area contributed by atoms with E-state index in [4.69, 9.17) is 18.9 Å². The number of hydrogen-bond acceptors (Lipinski definition) is 9. The molecule has 0 saturated carbocycles. The summed E-state index contributed by atoms with van der Waals surface area (Å²) in [6.45, 7) is 14.1. The second-order valence-electron chi connectivity index (χ2n) is 18.2. The van der Waals surface area contributed by atoms with E-state index in [1.165, 1.54) is 0 Å². The highest BCUT2D eigenvalue weighted by molar-refractivity contribution is 6.08. The number of carbonyl (C=O) groups is 4. The molecule has 2 spiro atoms. The van der Waals surface area contributed by atoms with Crippen LogP contribution in [0.5, 0.6) is 0 Å². The average Bonchev–Trinajstić information content (AvgIpc) is 3.21. The Balaban J connectivity index is 1.55. The third kappa shape index (κ3) is 5.95. The molecule has 316 valence electrons. The van der Waals surface area contributed by atoms with Crippen molar-refractivity contribution in [3.8, 4) is 0 Å². The van der Waals surface area contributed by atoms with Gasteiger partial charge in [-0.1, -0.05) is 115 Å². The number of carbonyl (C=O) groups excluding carboxylic acids is 4. The van der Waals surface area contributed by atoms with E-state index in [-0.39, 0.29) is 6.42 Å². The first-order valence-corrected chi connectivity index (χ1v) is 21.3. The van der Waals surface area contributed by atoms with Crippen molar-refractivity contribution >= 4 is 29.6 Å². The lowest BCUT2D eigenvalue weighted by atomic mass is 9.47. The maximum atomic E-state index is 15.9. The summed E-state index contributed by atoms with van der Waals surface area (Å²) in [6, 6.07) is 39.5. The molecule has 4 atom stereocenters. The van der Waals surface area contributed by atoms with Crippen LogP contribution in [0, 0.1) is 38.5 Å². The Bertz CT molecular complexity index is 2610. The van der Waals surface area contributed by atoms with Crippen molar-refractivity contribution in [2.75, 3.05) is 4.90 Å². The minimum absolute atomic E-state index is 0.124. The van der Waals surface area contributed by atoms with E-state index in [2.05, 4.69) is 4.90 Å². The lowest BCUT2D eigenvalue weighted by Gasteiger charge is -2.61. The molecular formula is C53H51NO8. The van der Waals surface area contributed by atoms with Crippen LogP contribution < -0.4 is 4.90 Å². The van der Waals surface area contributed by atoms with Crippen molar-refractivity contribution in [1.29, 1.82) is 0 Å². The summed E-state index contributed by atoms with van der Waals surface area (Å²) in [5.41, 5.74) is 3.89. The Morgan fingerprint density at radius 1 is 0.452 bits per heavy atom. The predicted octanol–water partition coefficient (Wildman–Crippen LogP) is 10.1. The number of esters is 4. The Morgan fingerprint density at radius 2 is 0.806 bits per heavy atom. The second kappa shape index (κ2) is 14.6. The Labute approximate surface area is 362 Å². The fraction of sp³-hybridized carbons (Fsp3) is 0.321. The molecule has 3 heterocycles. The highest BCUT2D eigenvalue weighted by Crippen LogP contribution is 2.71. The van der Waals surface area contributed by atoms with Crippen LogP contribution in [0.3, 0.4) is 0 Å². The van der Waals surface area contributed by atoms with Gasteiger partial charge in [0.05, 0.1) is 6.04 Å². The molecule has 9 nitrogen and oxygen atoms in total. The molecule has 0 N–H and O–H groups in total. The average molecular weight is 830 g/mol. The molecule has 0 bridgehead atoms. The van der Waals surface area contributed by atoms with Crippen LogP contribution in [0.4, 0.5) is 5.69 Å². The van der Waals surface area contributed by atoms with Gasteiger partial charge in [-0.2, -0.15) is 0 Å². The summed E-state index contributed by atoms with van der Waals surface area (Å²) >= 11 is 0. The largest absolute Gasteiger partial charge is 0.422 e. The van der Waals surface area contributed by atoms with Crippen LogP contribution >= 0.6 is 0 Å². The van der Waals surface area contributed by atoms with Crippen LogP contribution in [0.25, 0.3) is 0 Å². The quantitative estimate of drug-likeness (QED) is 0.126. The number of ether oxygens (including phenoxy) is 4. The zero-order valence-corrected chi connectivity index (χ0v) is 36.4. The van der Waals surface area contributed by atoms with Gasteiger partial charge < -0.3 is 23.8 Å². The number of anilines is 1. The number of allylic oxidation sites excluding steroid dienone is 2. The maximum absolute atomic E-state index is 15.9. The van der Waals surface area contributed by atoms with Crippen LogP contribution in [0.1, 0.15) is 102 Å². The number of hydrogen-bond donors (Lipinski definition) is 0. The summed E-state index contributed by atoms with van der Waals surface area (Å²) in [7, 11) is 0. The number of benzene rings is 5. The van der Waals surface area contributed by atoms with Gasteiger partial charge >= 0.3 is 23.9 Å². The van der Waals surface area contributed by atoms with Gasteiger partial charge in [0.1, 0.15) is 0 Å². The van der Waals surface area contributed by atoms with Gasteiger partial charge in [-0.25, -0.2) is 0 Å². The topological polar surface area (TPSA) is 108 Å². The fourth-order valence-corrected chi connectivity index (χ4v) is 11.0. The summed E-state index contributed by atoms with van der Waals surface area (Å²) in [5.74, 6) is -9.34. The molecule has 0 amide bonds. The molecule has 9 rings (SSSR count). The predicted molar refractivity (Wildman–Crippen MR) is 234 cm³/mol. The zero-order valence-electron chi connectivity index (χ0n) is 36.4. The first-order valence-electron chi connectivity index (χ1n) is 21.3. The van der Waals surface area contributed by atoms with Crippen LogP contribution in [0.15, 0.2) is 139 Å². The van der Waals surface area contributed by atoms with Crippen LogP contribution in [-0.4, -0.2) is 35.5 Å². The zero-order chi connectivity index (χ0) is 43.9. The molecular weight excluding hydrogens is 779 g/mol. The summed E-state index contributed by atoms with van der Waals surface area (Å²) in [5, 5.41) is 0. The van der Waals surface area contributed by atoms with Gasteiger partial charge in [0.25, 0.3) is 11.6 Å². The molecule has 9 heteroatoms. The van der Waals surface area contributed by atoms with Crippen molar-refractivity contribution < 1.29 is 38.1 Å². The molecule has 2 saturated heterocycles. The Hall–Kier alpha value is -6.48. The monoisotopic (exact) mass is 829 g/mol. The number of cyclic esters (lactones) is 4. The third-order valence-corrected chi connectivity index (χ3v) is 13.6. The first kappa shape index (κ1) is 40.9. The minimum Gasteiger partial charge on any atom is -0.422 e. The number of nitrogens with zero attached hydrogens (tertiary/aromatic N) is 1. The van der Waals surface area contributed by atoms with E-state index < -0.39 is 70.1 Å². The lowest BCUT2D eigenvalue weighted by Crippen LogP contribution is -2.67. The molecule has 5 aromatic rings. The van der Waals surface area contributed by atoms with Gasteiger partial charge in [-0.3, -0.25) is 19.2 Å². The molecule has 3 aliphatic heterocycles. The van der Waals surface area contributed by atoms with Gasteiger partial charge in [-0.15, -0.1) is 0 Å². The van der Waals surface area contributed by atoms with Crippen molar-refractivity contribution in [2.24, 2.45) is 10.8 Å². The van der Waals surface area contributed by atoms with E-state index in [1.807, 2.05) is 155 Å². The highest BCUT2D eigenvalue weighted by atomic mass is 16.8. The van der Waals surface area contributed by atoms with Crippen molar-refractivity contribution in [3.63, 3.8) is 0 Å². The first-order chi connectivity index (χ1) is 29.5. The van der Waals surface area contributed by atoms with Crippen LogP contribution in [-0.2, 0) is 38.1 Å². The van der Waals surface area contributed by atoms with E-state index in [0.717, 1.165) is 33.5 Å². The van der Waals surface area contributed by atoms with E-state index in [1.54, 1.807) is 27.7 Å². The Kier molecular flexibility index (Phi) is 9.61. The minimum atomic E-state index is -2.15. The second-order valence-corrected chi connectivity index (χ2v) is 18.2. The highest BCUT2D eigenvalue weighted by Gasteiger charge is 2.76. The number of aryl methyl sites for hydroxylation is 4. The fourth-order valence-electron chi connectivity index (χ4n) is 11.0. The molecule has 0 radical (unpaired) electrons. The molecule has 62 heavy (non-hydrogen) atoms. The normalized spacial score (nSPS) is 24.5. The smallest absolute Gasteiger partial charge is 0.330 e. The van der Waals surface area contributed by atoms with E-state index >= 15 is 19.2 Å². The maximum Gasteiger partial charge on any atom is 0.330 e. The van der Waals surface area contributed by atoms with Crippen molar-refractivity contribution in [1.82, 2.24) is 0 Å². The number of para-hydroxylation sites is 1. The van der Waals surface area contributed by atoms with E-state index in [0.29, 0.717) is 28.0 Å². The summed E-state index contributed by atoms with van der Waals surface area (Å²) in [6.07, 6.45) is 0.124. The van der Waals surface area contributed by atoms with Crippen molar-refractivity contribution in [3.05, 3.63) is 183 Å². The summed E-state index contributed by atoms with van der Waals surface area (Å²) in [4.78, 5) is 65.3. The SMILES string of the molecule is Cc1ccccc1[C@H]1C2=C(C[C@@H](c3ccccc3C)C3(C(=O)OC(C)(C)OC3=O)[C@H]2c2ccccc2C)N(c2ccccc2)[C@@H](c2ccccc2C)C12C(=O)OC(C)(C)OC2=O.